The van der Waals surface area contributed by atoms with E-state index in [9.17, 15) is 13.2 Å². The molecule has 1 rings (SSSR count). The van der Waals surface area contributed by atoms with Crippen molar-refractivity contribution < 1.29 is 17.9 Å². The Hall–Kier alpha value is 0. The minimum absolute atomic E-state index is 0. The van der Waals surface area contributed by atoms with Gasteiger partial charge in [-0.25, -0.2) is 0 Å². The lowest BCUT2D eigenvalue weighted by Crippen LogP contribution is -2.41. The summed E-state index contributed by atoms with van der Waals surface area (Å²) in [5.74, 6) is 0. The zero-order valence-corrected chi connectivity index (χ0v) is 8.04. The van der Waals surface area contributed by atoms with Gasteiger partial charge in [0.05, 0.1) is 6.10 Å². The molecule has 1 N–H and O–H groups in total. The first-order valence-electron chi connectivity index (χ1n) is 3.95. The third-order valence-electron chi connectivity index (χ3n) is 1.88. The third kappa shape index (κ3) is 5.33. The predicted molar refractivity (Wildman–Crippen MR) is 44.9 cm³/mol. The molecule has 1 saturated heterocycles. The molecular weight excluding hydrogens is 207 g/mol. The lowest BCUT2D eigenvalue weighted by atomic mass is 10.0. The summed E-state index contributed by atoms with van der Waals surface area (Å²) < 4.78 is 39.1. The Morgan fingerprint density at radius 2 is 2.00 bits per heavy atom. The van der Waals surface area contributed by atoms with Crippen LogP contribution in [0.15, 0.2) is 0 Å². The van der Waals surface area contributed by atoms with E-state index < -0.39 is 12.5 Å². The lowest BCUT2D eigenvalue weighted by molar-refractivity contribution is -0.345. The molecule has 0 aromatic heterocycles. The molecule has 0 radical (unpaired) electrons. The topological polar surface area (TPSA) is 21.3 Å². The SMILES string of the molecule is C[C@@H]1C[C@H](OC(F)(F)F)CCN1.Cl. The molecule has 2 nitrogen and oxygen atoms in total. The summed E-state index contributed by atoms with van der Waals surface area (Å²) >= 11 is 0. The Kier molecular flexibility index (Phi) is 5.02. The molecule has 0 amide bonds. The van der Waals surface area contributed by atoms with Crippen LogP contribution in [-0.4, -0.2) is 25.1 Å². The number of hydrogen-bond acceptors (Lipinski definition) is 2. The van der Waals surface area contributed by atoms with Gasteiger partial charge in [0.1, 0.15) is 0 Å². The zero-order valence-electron chi connectivity index (χ0n) is 7.23. The van der Waals surface area contributed by atoms with Crippen LogP contribution in [-0.2, 0) is 4.74 Å². The summed E-state index contributed by atoms with van der Waals surface area (Å²) in [6.07, 6.45) is -4.29. The first-order valence-corrected chi connectivity index (χ1v) is 3.95. The first-order chi connectivity index (χ1) is 5.47. The molecule has 6 heteroatoms. The number of hydrogen-bond donors (Lipinski definition) is 1. The summed E-state index contributed by atoms with van der Waals surface area (Å²) in [4.78, 5) is 0. The molecule has 0 unspecified atom stereocenters. The fourth-order valence-electron chi connectivity index (χ4n) is 1.38. The summed E-state index contributed by atoms with van der Waals surface area (Å²) in [5, 5.41) is 3.05. The van der Waals surface area contributed by atoms with Crippen LogP contribution in [0.1, 0.15) is 19.8 Å². The Bertz CT molecular complexity index is 153. The van der Waals surface area contributed by atoms with Gasteiger partial charge < -0.3 is 5.32 Å². The maximum Gasteiger partial charge on any atom is 0.522 e. The van der Waals surface area contributed by atoms with Crippen LogP contribution in [0.4, 0.5) is 13.2 Å². The van der Waals surface area contributed by atoms with E-state index >= 15 is 0 Å². The van der Waals surface area contributed by atoms with Crippen LogP contribution >= 0.6 is 12.4 Å². The Morgan fingerprint density at radius 3 is 2.46 bits per heavy atom. The number of ether oxygens (including phenoxy) is 1. The second kappa shape index (κ2) is 5.02. The highest BCUT2D eigenvalue weighted by Crippen LogP contribution is 2.23. The second-order valence-corrected chi connectivity index (χ2v) is 3.07. The molecule has 1 aliphatic rings. The Balaban J connectivity index is 0.00000144. The number of rotatable bonds is 1. The average Bonchev–Trinajstić information content (AvgIpc) is 1.82. The van der Waals surface area contributed by atoms with Crippen LogP contribution < -0.4 is 5.32 Å². The first kappa shape index (κ1) is 13.0. The van der Waals surface area contributed by atoms with Crippen molar-refractivity contribution in [2.45, 2.75) is 38.3 Å². The largest absolute Gasteiger partial charge is 0.522 e. The van der Waals surface area contributed by atoms with E-state index in [1.54, 1.807) is 0 Å². The summed E-state index contributed by atoms with van der Waals surface area (Å²) in [5.41, 5.74) is 0. The van der Waals surface area contributed by atoms with Crippen molar-refractivity contribution in [2.24, 2.45) is 0 Å². The molecule has 0 aliphatic carbocycles. The van der Waals surface area contributed by atoms with E-state index in [0.29, 0.717) is 19.4 Å². The maximum atomic E-state index is 11.7. The van der Waals surface area contributed by atoms with Gasteiger partial charge in [-0.15, -0.1) is 25.6 Å². The predicted octanol–water partition coefficient (Wildman–Crippen LogP) is 2.09. The van der Waals surface area contributed by atoms with Gasteiger partial charge in [0, 0.05) is 6.04 Å². The van der Waals surface area contributed by atoms with Crippen LogP contribution in [0.25, 0.3) is 0 Å². The van der Waals surface area contributed by atoms with Crippen molar-refractivity contribution >= 4 is 12.4 Å². The quantitative estimate of drug-likeness (QED) is 0.729. The van der Waals surface area contributed by atoms with Gasteiger partial charge in [-0.05, 0) is 26.3 Å². The fourth-order valence-corrected chi connectivity index (χ4v) is 1.38. The van der Waals surface area contributed by atoms with Gasteiger partial charge in [-0.1, -0.05) is 0 Å². The zero-order chi connectivity index (χ0) is 9.19. The molecule has 0 bridgehead atoms. The van der Waals surface area contributed by atoms with Crippen LogP contribution in [0, 0.1) is 0 Å². The molecular formula is C7H13ClF3NO. The number of alkyl halides is 3. The molecule has 2 atom stereocenters. The standard InChI is InChI=1S/C7H12F3NO.ClH/c1-5-4-6(2-3-11-5)12-7(8,9)10;/h5-6,11H,2-4H2,1H3;1H/t5-,6-;/m1./s1. The highest BCUT2D eigenvalue weighted by molar-refractivity contribution is 5.85. The lowest BCUT2D eigenvalue weighted by Gasteiger charge is -2.28. The number of nitrogens with one attached hydrogen (secondary N) is 1. The smallest absolute Gasteiger partial charge is 0.314 e. The molecule has 0 aromatic rings. The highest BCUT2D eigenvalue weighted by Gasteiger charge is 2.34. The van der Waals surface area contributed by atoms with Crippen molar-refractivity contribution in [2.75, 3.05) is 6.54 Å². The summed E-state index contributed by atoms with van der Waals surface area (Å²) in [6, 6.07) is 0.117. The van der Waals surface area contributed by atoms with Gasteiger partial charge in [-0.3, -0.25) is 4.74 Å². The van der Waals surface area contributed by atoms with E-state index in [1.807, 2.05) is 6.92 Å². The van der Waals surface area contributed by atoms with E-state index in [4.69, 9.17) is 0 Å². The van der Waals surface area contributed by atoms with Crippen molar-refractivity contribution in [3.8, 4) is 0 Å². The summed E-state index contributed by atoms with van der Waals surface area (Å²) in [7, 11) is 0. The normalized spacial score (nSPS) is 29.5. The van der Waals surface area contributed by atoms with E-state index in [1.165, 1.54) is 0 Å². The van der Waals surface area contributed by atoms with E-state index in [0.717, 1.165) is 0 Å². The van der Waals surface area contributed by atoms with Gasteiger partial charge in [0.15, 0.2) is 0 Å². The van der Waals surface area contributed by atoms with Crippen molar-refractivity contribution in [3.63, 3.8) is 0 Å². The molecule has 0 aromatic carbocycles. The molecule has 80 valence electrons. The van der Waals surface area contributed by atoms with Crippen molar-refractivity contribution in [1.29, 1.82) is 0 Å². The molecule has 13 heavy (non-hydrogen) atoms. The van der Waals surface area contributed by atoms with Crippen molar-refractivity contribution in [1.82, 2.24) is 5.32 Å². The molecule has 1 aliphatic heterocycles. The molecule has 1 heterocycles. The van der Waals surface area contributed by atoms with Gasteiger partial charge in [0.2, 0.25) is 0 Å². The number of halogens is 4. The molecule has 0 spiro atoms. The van der Waals surface area contributed by atoms with Gasteiger partial charge >= 0.3 is 6.36 Å². The van der Waals surface area contributed by atoms with Crippen LogP contribution in [0.3, 0.4) is 0 Å². The van der Waals surface area contributed by atoms with Crippen molar-refractivity contribution in [3.05, 3.63) is 0 Å². The fraction of sp³-hybridized carbons (Fsp3) is 1.00. The van der Waals surface area contributed by atoms with Gasteiger partial charge in [-0.2, -0.15) is 0 Å². The van der Waals surface area contributed by atoms with Crippen LogP contribution in [0.5, 0.6) is 0 Å². The second-order valence-electron chi connectivity index (χ2n) is 3.07. The highest BCUT2D eigenvalue weighted by atomic mass is 35.5. The monoisotopic (exact) mass is 219 g/mol. The van der Waals surface area contributed by atoms with Crippen LogP contribution in [0.2, 0.25) is 0 Å². The minimum Gasteiger partial charge on any atom is -0.314 e. The Morgan fingerprint density at radius 1 is 1.38 bits per heavy atom. The molecule has 0 saturated carbocycles. The molecule has 1 fully saturated rings. The van der Waals surface area contributed by atoms with Gasteiger partial charge in [0.25, 0.3) is 0 Å². The minimum atomic E-state index is -4.48. The maximum absolute atomic E-state index is 11.7. The van der Waals surface area contributed by atoms with E-state index in [2.05, 4.69) is 10.1 Å². The van der Waals surface area contributed by atoms with E-state index in [-0.39, 0.29) is 18.4 Å². The third-order valence-corrected chi connectivity index (χ3v) is 1.88. The number of piperidine rings is 1. The Labute approximate surface area is 81.2 Å². The average molecular weight is 220 g/mol. The summed E-state index contributed by atoms with van der Waals surface area (Å²) in [6.45, 7) is 2.45.